The summed E-state index contributed by atoms with van der Waals surface area (Å²) in [6.07, 6.45) is 2.06. The number of nitrogens with two attached hydrogens (primary N) is 1. The van der Waals surface area contributed by atoms with E-state index >= 15 is 0 Å². The van der Waals surface area contributed by atoms with Crippen LogP contribution in [0, 0.1) is 17.3 Å². The van der Waals surface area contributed by atoms with E-state index in [1.807, 2.05) is 14.1 Å². The molecular formula is C14H25N3O3. The van der Waals surface area contributed by atoms with E-state index in [0.717, 1.165) is 13.0 Å². The molecule has 0 radical (unpaired) electrons. The molecule has 2 rings (SSSR count). The molecule has 0 spiro atoms. The van der Waals surface area contributed by atoms with E-state index in [1.165, 1.54) is 0 Å². The second kappa shape index (κ2) is 5.69. The molecule has 2 fully saturated rings. The minimum Gasteiger partial charge on any atom is -0.396 e. The maximum Gasteiger partial charge on any atom is 0.238 e. The fraction of sp³-hybridized carbons (Fsp3) is 0.857. The Kier molecular flexibility index (Phi) is 4.34. The van der Waals surface area contributed by atoms with E-state index in [-0.39, 0.29) is 18.4 Å². The molecule has 1 aliphatic carbocycles. The zero-order valence-corrected chi connectivity index (χ0v) is 12.3. The van der Waals surface area contributed by atoms with Crippen LogP contribution in [0.25, 0.3) is 0 Å². The molecule has 6 heteroatoms. The lowest BCUT2D eigenvalue weighted by Crippen LogP contribution is -2.51. The molecule has 1 saturated heterocycles. The summed E-state index contributed by atoms with van der Waals surface area (Å²) in [6, 6.07) is 0. The van der Waals surface area contributed by atoms with Crippen molar-refractivity contribution >= 4 is 11.8 Å². The molecule has 1 saturated carbocycles. The fourth-order valence-electron chi connectivity index (χ4n) is 3.26. The Morgan fingerprint density at radius 3 is 2.35 bits per heavy atom. The quantitative estimate of drug-likeness (QED) is 0.651. The number of primary amides is 1. The molecule has 0 unspecified atom stereocenters. The first-order chi connectivity index (χ1) is 9.39. The summed E-state index contributed by atoms with van der Waals surface area (Å²) in [5, 5.41) is 9.43. The number of aliphatic hydroxyl groups is 1. The maximum atomic E-state index is 12.5. The number of carbonyl (C=O) groups is 2. The molecular weight excluding hydrogens is 258 g/mol. The summed E-state index contributed by atoms with van der Waals surface area (Å²) in [5.74, 6) is -0.199. The van der Waals surface area contributed by atoms with Gasteiger partial charge in [-0.25, -0.2) is 0 Å². The average molecular weight is 283 g/mol. The Labute approximate surface area is 119 Å². The van der Waals surface area contributed by atoms with Gasteiger partial charge in [0, 0.05) is 26.2 Å². The summed E-state index contributed by atoms with van der Waals surface area (Å²) in [6.45, 7) is 2.15. The lowest BCUT2D eigenvalue weighted by molar-refractivity contribution is -0.145. The highest BCUT2D eigenvalue weighted by Gasteiger charge is 2.57. The first-order valence-corrected chi connectivity index (χ1v) is 7.24. The van der Waals surface area contributed by atoms with Crippen molar-refractivity contribution in [3.63, 3.8) is 0 Å². The topological polar surface area (TPSA) is 86.9 Å². The number of likely N-dealkylation sites (tertiary alicyclic amines) is 1. The number of aliphatic hydroxyl groups excluding tert-OH is 1. The second-order valence-corrected chi connectivity index (χ2v) is 6.57. The third-order valence-electron chi connectivity index (χ3n) is 4.42. The third-order valence-corrected chi connectivity index (χ3v) is 4.42. The predicted octanol–water partition coefficient (Wildman–Crippen LogP) is -0.729. The zero-order valence-electron chi connectivity index (χ0n) is 12.3. The Bertz CT molecular complexity index is 393. The van der Waals surface area contributed by atoms with Crippen molar-refractivity contribution < 1.29 is 14.7 Å². The molecule has 2 amide bonds. The summed E-state index contributed by atoms with van der Waals surface area (Å²) in [5.41, 5.74) is 4.43. The molecule has 1 heterocycles. The van der Waals surface area contributed by atoms with Gasteiger partial charge in [-0.1, -0.05) is 0 Å². The number of carbonyl (C=O) groups excluding carboxylic acids is 2. The van der Waals surface area contributed by atoms with Gasteiger partial charge in [0.15, 0.2) is 0 Å². The highest BCUT2D eigenvalue weighted by Crippen LogP contribution is 2.47. The highest BCUT2D eigenvalue weighted by atomic mass is 16.3. The Balaban J connectivity index is 2.06. The van der Waals surface area contributed by atoms with Crippen LogP contribution in [0.1, 0.15) is 19.3 Å². The van der Waals surface area contributed by atoms with Crippen LogP contribution in [-0.2, 0) is 9.59 Å². The van der Waals surface area contributed by atoms with Crippen molar-refractivity contribution in [3.05, 3.63) is 0 Å². The highest BCUT2D eigenvalue weighted by molar-refractivity contribution is 6.07. The van der Waals surface area contributed by atoms with Crippen molar-refractivity contribution in [2.75, 3.05) is 40.3 Å². The minimum absolute atomic E-state index is 0.0806. The van der Waals surface area contributed by atoms with Crippen LogP contribution in [0.2, 0.25) is 0 Å². The molecule has 20 heavy (non-hydrogen) atoms. The molecule has 2 aliphatic rings. The number of piperidine rings is 1. The van der Waals surface area contributed by atoms with E-state index in [4.69, 9.17) is 5.73 Å². The standard InChI is InChI=1S/C14H25N3O3/c1-16(2)6-10-5-11(9-18)8-17(7-10)13(20)14(3-4-14)12(15)19/h10-11,18H,3-9H2,1-2H3,(H2,15,19)/t10-,11+/m0/s1. The Morgan fingerprint density at radius 2 is 1.90 bits per heavy atom. The van der Waals surface area contributed by atoms with E-state index in [9.17, 15) is 14.7 Å². The average Bonchev–Trinajstić information content (AvgIpc) is 3.18. The summed E-state index contributed by atoms with van der Waals surface area (Å²) >= 11 is 0. The van der Waals surface area contributed by atoms with Crippen LogP contribution in [0.3, 0.4) is 0 Å². The van der Waals surface area contributed by atoms with Gasteiger partial charge < -0.3 is 20.6 Å². The van der Waals surface area contributed by atoms with Gasteiger partial charge in [-0.3, -0.25) is 9.59 Å². The monoisotopic (exact) mass is 283 g/mol. The Hall–Kier alpha value is -1.14. The van der Waals surface area contributed by atoms with Crippen molar-refractivity contribution in [1.29, 1.82) is 0 Å². The van der Waals surface area contributed by atoms with Crippen molar-refractivity contribution in [3.8, 4) is 0 Å². The second-order valence-electron chi connectivity index (χ2n) is 6.57. The van der Waals surface area contributed by atoms with Gasteiger partial charge in [0.25, 0.3) is 0 Å². The van der Waals surface area contributed by atoms with Crippen molar-refractivity contribution in [2.45, 2.75) is 19.3 Å². The third kappa shape index (κ3) is 2.96. The van der Waals surface area contributed by atoms with Crippen LogP contribution in [0.5, 0.6) is 0 Å². The van der Waals surface area contributed by atoms with Gasteiger partial charge >= 0.3 is 0 Å². The van der Waals surface area contributed by atoms with E-state index in [1.54, 1.807) is 4.90 Å². The van der Waals surface area contributed by atoms with Crippen molar-refractivity contribution in [1.82, 2.24) is 9.80 Å². The zero-order chi connectivity index (χ0) is 14.9. The lowest BCUT2D eigenvalue weighted by atomic mass is 9.88. The van der Waals surface area contributed by atoms with E-state index in [0.29, 0.717) is 31.8 Å². The van der Waals surface area contributed by atoms with Crippen LogP contribution in [0.4, 0.5) is 0 Å². The lowest BCUT2D eigenvalue weighted by Gasteiger charge is -2.39. The molecule has 2 atom stereocenters. The van der Waals surface area contributed by atoms with Gasteiger partial charge in [-0.15, -0.1) is 0 Å². The SMILES string of the molecule is CN(C)C[C@@H]1C[C@@H](CO)CN(C(=O)C2(C(N)=O)CC2)C1. The fourth-order valence-corrected chi connectivity index (χ4v) is 3.26. The molecule has 0 aromatic heterocycles. The molecule has 0 aromatic carbocycles. The molecule has 0 bridgehead atoms. The molecule has 114 valence electrons. The molecule has 1 aliphatic heterocycles. The number of hydrogen-bond donors (Lipinski definition) is 2. The summed E-state index contributed by atoms with van der Waals surface area (Å²) < 4.78 is 0. The predicted molar refractivity (Wildman–Crippen MR) is 74.7 cm³/mol. The number of hydrogen-bond acceptors (Lipinski definition) is 4. The van der Waals surface area contributed by atoms with Gasteiger partial charge in [-0.2, -0.15) is 0 Å². The Morgan fingerprint density at radius 1 is 1.30 bits per heavy atom. The smallest absolute Gasteiger partial charge is 0.238 e. The van der Waals surface area contributed by atoms with Gasteiger partial charge in [-0.05, 0) is 45.2 Å². The van der Waals surface area contributed by atoms with Gasteiger partial charge in [0.05, 0.1) is 0 Å². The van der Waals surface area contributed by atoms with Gasteiger partial charge in [0.1, 0.15) is 5.41 Å². The van der Waals surface area contributed by atoms with Crippen LogP contribution < -0.4 is 5.73 Å². The van der Waals surface area contributed by atoms with Gasteiger partial charge in [0.2, 0.25) is 11.8 Å². The van der Waals surface area contributed by atoms with E-state index in [2.05, 4.69) is 4.90 Å². The number of amides is 2. The molecule has 6 nitrogen and oxygen atoms in total. The minimum atomic E-state index is -0.944. The van der Waals surface area contributed by atoms with Crippen LogP contribution >= 0.6 is 0 Å². The molecule has 0 aromatic rings. The first-order valence-electron chi connectivity index (χ1n) is 7.24. The van der Waals surface area contributed by atoms with Crippen LogP contribution in [-0.4, -0.2) is 67.1 Å². The first kappa shape index (κ1) is 15.3. The van der Waals surface area contributed by atoms with Crippen molar-refractivity contribution in [2.24, 2.45) is 23.0 Å². The summed E-state index contributed by atoms with van der Waals surface area (Å²) in [7, 11) is 4.00. The number of rotatable bonds is 5. The summed E-state index contributed by atoms with van der Waals surface area (Å²) in [4.78, 5) is 27.9. The van der Waals surface area contributed by atoms with E-state index < -0.39 is 11.3 Å². The largest absolute Gasteiger partial charge is 0.396 e. The number of nitrogens with zero attached hydrogens (tertiary/aromatic N) is 2. The van der Waals surface area contributed by atoms with Crippen LogP contribution in [0.15, 0.2) is 0 Å². The normalized spacial score (nSPS) is 28.5. The molecule has 3 N–H and O–H groups in total. The maximum absolute atomic E-state index is 12.5.